The Morgan fingerprint density at radius 3 is 1.29 bits per heavy atom. The van der Waals surface area contributed by atoms with Crippen LogP contribution in [0.4, 0.5) is 0 Å². The first-order chi connectivity index (χ1) is 11.8. The average molecular weight is 351 g/mol. The van der Waals surface area contributed by atoms with E-state index in [1.54, 1.807) is 0 Å². The lowest BCUT2D eigenvalue weighted by molar-refractivity contribution is 1.36. The van der Waals surface area contributed by atoms with Crippen molar-refractivity contribution >= 4 is 34.9 Å². The van der Waals surface area contributed by atoms with Crippen molar-refractivity contribution in [3.63, 3.8) is 0 Å². The maximum atomic E-state index is 2.41. The lowest BCUT2D eigenvalue weighted by Crippen LogP contribution is -2.36. The van der Waals surface area contributed by atoms with Crippen LogP contribution in [0.2, 0.25) is 0 Å². The Hall–Kier alpha value is -1.56. The van der Waals surface area contributed by atoms with E-state index in [-0.39, 0.29) is 0 Å². The zero-order valence-corrected chi connectivity index (χ0v) is 16.0. The van der Waals surface area contributed by atoms with Crippen molar-refractivity contribution in [2.24, 2.45) is 0 Å². The molecule has 3 aromatic carbocycles. The van der Waals surface area contributed by atoms with Gasteiger partial charge in [0.25, 0.3) is 0 Å². The molecule has 0 aliphatic rings. The van der Waals surface area contributed by atoms with Crippen molar-refractivity contribution in [3.05, 3.63) is 91.0 Å². The Morgan fingerprint density at radius 1 is 0.667 bits per heavy atom. The minimum absolute atomic E-state index is 0.537. The second-order valence-corrected chi connectivity index (χ2v) is 11.5. The standard InChI is InChI=1S/C22H24PS/c1-3-24-19(2)23(20-13-7-4-8-14-20,21-15-9-5-10-16-21)22-17-11-6-12-18-22/h4-19H,3H2,1-2H3/q+1. The van der Waals surface area contributed by atoms with Crippen molar-refractivity contribution in [1.29, 1.82) is 0 Å². The van der Waals surface area contributed by atoms with Crippen LogP contribution in [0.15, 0.2) is 91.0 Å². The quantitative estimate of drug-likeness (QED) is 0.558. The van der Waals surface area contributed by atoms with E-state index in [0.717, 1.165) is 5.75 Å². The van der Waals surface area contributed by atoms with E-state index in [1.807, 2.05) is 0 Å². The molecule has 0 heterocycles. The van der Waals surface area contributed by atoms with Crippen LogP contribution in [0.25, 0.3) is 0 Å². The summed E-state index contributed by atoms with van der Waals surface area (Å²) in [6, 6.07) is 33.3. The van der Waals surface area contributed by atoms with Gasteiger partial charge in [0.2, 0.25) is 0 Å². The third-order valence-corrected chi connectivity index (χ3v) is 11.1. The molecule has 0 amide bonds. The Kier molecular flexibility index (Phi) is 5.76. The average Bonchev–Trinajstić information content (AvgIpc) is 2.65. The molecule has 1 atom stereocenters. The van der Waals surface area contributed by atoms with Crippen LogP contribution in [0.3, 0.4) is 0 Å². The van der Waals surface area contributed by atoms with E-state index in [0.29, 0.717) is 4.99 Å². The molecular formula is C22H24PS+. The molecular weight excluding hydrogens is 327 g/mol. The van der Waals surface area contributed by atoms with E-state index in [9.17, 15) is 0 Å². The second kappa shape index (κ2) is 8.01. The number of thioether (sulfide) groups is 1. The van der Waals surface area contributed by atoms with E-state index in [4.69, 9.17) is 0 Å². The van der Waals surface area contributed by atoms with Gasteiger partial charge in [0.05, 0.1) is 0 Å². The highest BCUT2D eigenvalue weighted by molar-refractivity contribution is 8.14. The molecule has 122 valence electrons. The first kappa shape index (κ1) is 17.3. The Bertz CT molecular complexity index is 644. The monoisotopic (exact) mass is 351 g/mol. The Balaban J connectivity index is 2.33. The van der Waals surface area contributed by atoms with Crippen molar-refractivity contribution in [2.45, 2.75) is 18.8 Å². The van der Waals surface area contributed by atoms with Gasteiger partial charge in [-0.15, -0.1) is 11.8 Å². The molecule has 3 rings (SSSR count). The summed E-state index contributed by atoms with van der Waals surface area (Å²) >= 11 is 2.07. The van der Waals surface area contributed by atoms with Crippen molar-refractivity contribution in [3.8, 4) is 0 Å². The highest BCUT2D eigenvalue weighted by Crippen LogP contribution is 2.62. The molecule has 0 bridgehead atoms. The summed E-state index contributed by atoms with van der Waals surface area (Å²) in [5.74, 6) is 1.13. The lowest BCUT2D eigenvalue weighted by Gasteiger charge is -2.32. The molecule has 24 heavy (non-hydrogen) atoms. The molecule has 0 N–H and O–H groups in total. The highest BCUT2D eigenvalue weighted by atomic mass is 32.2. The van der Waals surface area contributed by atoms with E-state index >= 15 is 0 Å². The van der Waals surface area contributed by atoms with Crippen LogP contribution in [-0.2, 0) is 0 Å². The minimum atomic E-state index is -1.70. The number of benzene rings is 3. The zero-order valence-electron chi connectivity index (χ0n) is 14.3. The SMILES string of the molecule is CCSC(C)[P+](c1ccccc1)(c1ccccc1)c1ccccc1. The number of rotatable bonds is 6. The predicted molar refractivity (Wildman–Crippen MR) is 113 cm³/mol. The fourth-order valence-corrected chi connectivity index (χ4v) is 10.4. The van der Waals surface area contributed by atoms with Gasteiger partial charge in [-0.2, -0.15) is 0 Å². The fourth-order valence-electron chi connectivity index (χ4n) is 3.42. The number of hydrogen-bond donors (Lipinski definition) is 0. The molecule has 0 radical (unpaired) electrons. The van der Waals surface area contributed by atoms with Crippen LogP contribution >= 0.6 is 19.0 Å². The van der Waals surface area contributed by atoms with Gasteiger partial charge >= 0.3 is 0 Å². The van der Waals surface area contributed by atoms with Gasteiger partial charge in [0.1, 0.15) is 28.2 Å². The second-order valence-electron chi connectivity index (χ2n) is 5.78. The van der Waals surface area contributed by atoms with E-state index < -0.39 is 7.26 Å². The van der Waals surface area contributed by atoms with Crippen molar-refractivity contribution in [2.75, 3.05) is 5.75 Å². The van der Waals surface area contributed by atoms with Crippen LogP contribution in [0, 0.1) is 0 Å². The zero-order chi connectivity index (χ0) is 16.8. The predicted octanol–water partition coefficient (Wildman–Crippen LogP) is 5.08. The third kappa shape index (κ3) is 3.16. The summed E-state index contributed by atoms with van der Waals surface area (Å²) in [4.78, 5) is 0.537. The Morgan fingerprint density at radius 2 is 1.00 bits per heavy atom. The molecule has 1 unspecified atom stereocenters. The third-order valence-electron chi connectivity index (χ3n) is 4.44. The maximum Gasteiger partial charge on any atom is 0.126 e. The van der Waals surface area contributed by atoms with E-state index in [2.05, 4.69) is 117 Å². The summed E-state index contributed by atoms with van der Waals surface area (Å²) in [5.41, 5.74) is 0. The van der Waals surface area contributed by atoms with Gasteiger partial charge in [-0.25, -0.2) is 0 Å². The van der Waals surface area contributed by atoms with Gasteiger partial charge in [-0.05, 0) is 49.1 Å². The molecule has 0 aliphatic heterocycles. The molecule has 0 saturated heterocycles. The molecule has 0 spiro atoms. The van der Waals surface area contributed by atoms with Gasteiger partial charge in [0, 0.05) is 0 Å². The van der Waals surface area contributed by atoms with Crippen LogP contribution in [0.5, 0.6) is 0 Å². The van der Waals surface area contributed by atoms with Crippen molar-refractivity contribution < 1.29 is 0 Å². The van der Waals surface area contributed by atoms with Gasteiger partial charge < -0.3 is 0 Å². The maximum absolute atomic E-state index is 2.41. The molecule has 2 heteroatoms. The summed E-state index contributed by atoms with van der Waals surface area (Å²) < 4.78 is 0. The largest absolute Gasteiger partial charge is 0.126 e. The topological polar surface area (TPSA) is 0 Å². The normalized spacial score (nSPS) is 12.8. The van der Waals surface area contributed by atoms with Crippen molar-refractivity contribution in [1.82, 2.24) is 0 Å². The fraction of sp³-hybridized carbons (Fsp3) is 0.182. The first-order valence-corrected chi connectivity index (χ1v) is 11.4. The lowest BCUT2D eigenvalue weighted by atomic mass is 10.4. The molecule has 0 fully saturated rings. The Labute approximate surface area is 150 Å². The minimum Gasteiger partial charge on any atom is -0.118 e. The first-order valence-electron chi connectivity index (χ1n) is 8.47. The van der Waals surface area contributed by atoms with Gasteiger partial charge in [-0.1, -0.05) is 61.5 Å². The van der Waals surface area contributed by atoms with Crippen LogP contribution < -0.4 is 15.9 Å². The molecule has 0 aromatic heterocycles. The molecule has 0 nitrogen and oxygen atoms in total. The van der Waals surface area contributed by atoms with E-state index in [1.165, 1.54) is 15.9 Å². The van der Waals surface area contributed by atoms with Crippen LogP contribution in [0.1, 0.15) is 13.8 Å². The smallest absolute Gasteiger partial charge is 0.118 e. The molecule has 0 saturated carbocycles. The molecule has 0 aliphatic carbocycles. The highest BCUT2D eigenvalue weighted by Gasteiger charge is 2.50. The van der Waals surface area contributed by atoms with Crippen LogP contribution in [-0.4, -0.2) is 10.7 Å². The summed E-state index contributed by atoms with van der Waals surface area (Å²) in [6.45, 7) is 4.67. The van der Waals surface area contributed by atoms with Gasteiger partial charge in [-0.3, -0.25) is 0 Å². The summed E-state index contributed by atoms with van der Waals surface area (Å²) in [7, 11) is -1.70. The summed E-state index contributed by atoms with van der Waals surface area (Å²) in [6.07, 6.45) is 0. The molecule has 3 aromatic rings. The summed E-state index contributed by atoms with van der Waals surface area (Å²) in [5, 5.41) is 4.41. The number of hydrogen-bond acceptors (Lipinski definition) is 1. The van der Waals surface area contributed by atoms with Gasteiger partial charge in [0.15, 0.2) is 0 Å².